The Morgan fingerprint density at radius 1 is 1.11 bits per heavy atom. The molecule has 27 heavy (non-hydrogen) atoms. The first-order chi connectivity index (χ1) is 13.1. The summed E-state index contributed by atoms with van der Waals surface area (Å²) >= 11 is 0. The van der Waals surface area contributed by atoms with E-state index in [-0.39, 0.29) is 30.9 Å². The molecule has 3 rings (SSSR count). The second-order valence-electron chi connectivity index (χ2n) is 6.34. The number of rotatable bonds is 5. The molecule has 8 heteroatoms. The fourth-order valence-corrected chi connectivity index (χ4v) is 3.09. The number of ether oxygens (including phenoxy) is 1. The number of fused-ring (bicyclic) bond motifs is 1. The van der Waals surface area contributed by atoms with E-state index in [0.29, 0.717) is 38.5 Å². The first-order valence-corrected chi connectivity index (χ1v) is 9.14. The van der Waals surface area contributed by atoms with Gasteiger partial charge in [0.1, 0.15) is 5.69 Å². The van der Waals surface area contributed by atoms with Crippen LogP contribution in [0.2, 0.25) is 0 Å². The second kappa shape index (κ2) is 8.57. The number of carbonyl (C=O) groups excluding carboxylic acids is 3. The number of benzene rings is 1. The second-order valence-corrected chi connectivity index (χ2v) is 6.34. The fourth-order valence-electron chi connectivity index (χ4n) is 3.09. The van der Waals surface area contributed by atoms with Gasteiger partial charge in [-0.25, -0.2) is 4.79 Å². The molecular weight excluding hydrogens is 348 g/mol. The standard InChI is InChI=1S/C19H24N4O4/c1-2-27-19(26)23-11-9-22(10-12-23)17(24)7-8-20-18(25)16-13-14-5-3-4-6-15(14)21-16/h3-6,13,21H,2,7-12H2,1H3,(H,20,25). The molecule has 0 bridgehead atoms. The van der Waals surface area contributed by atoms with Crippen molar-refractivity contribution in [2.75, 3.05) is 39.3 Å². The highest BCUT2D eigenvalue weighted by Crippen LogP contribution is 2.14. The van der Waals surface area contributed by atoms with Crippen LogP contribution in [-0.4, -0.2) is 72.0 Å². The highest BCUT2D eigenvalue weighted by molar-refractivity contribution is 5.98. The van der Waals surface area contributed by atoms with E-state index in [9.17, 15) is 14.4 Å². The molecule has 3 amide bonds. The summed E-state index contributed by atoms with van der Waals surface area (Å²) in [5.41, 5.74) is 1.38. The molecule has 0 aliphatic carbocycles. The summed E-state index contributed by atoms with van der Waals surface area (Å²) in [7, 11) is 0. The molecule has 1 aliphatic rings. The van der Waals surface area contributed by atoms with E-state index in [1.807, 2.05) is 24.3 Å². The average molecular weight is 372 g/mol. The van der Waals surface area contributed by atoms with Gasteiger partial charge in [-0.05, 0) is 19.1 Å². The lowest BCUT2D eigenvalue weighted by atomic mass is 10.2. The largest absolute Gasteiger partial charge is 0.450 e. The van der Waals surface area contributed by atoms with Gasteiger partial charge in [0.15, 0.2) is 0 Å². The number of aromatic nitrogens is 1. The number of nitrogens with zero attached hydrogens (tertiary/aromatic N) is 2. The molecular formula is C19H24N4O4. The van der Waals surface area contributed by atoms with Crippen molar-refractivity contribution >= 4 is 28.8 Å². The Labute approximate surface area is 157 Å². The van der Waals surface area contributed by atoms with Crippen molar-refractivity contribution in [1.29, 1.82) is 0 Å². The van der Waals surface area contributed by atoms with Crippen molar-refractivity contribution < 1.29 is 19.1 Å². The van der Waals surface area contributed by atoms with E-state index in [4.69, 9.17) is 4.74 Å². The van der Waals surface area contributed by atoms with Gasteiger partial charge in [-0.15, -0.1) is 0 Å². The number of H-pyrrole nitrogens is 1. The molecule has 8 nitrogen and oxygen atoms in total. The topological polar surface area (TPSA) is 94.7 Å². The van der Waals surface area contributed by atoms with Gasteiger partial charge in [-0.3, -0.25) is 9.59 Å². The summed E-state index contributed by atoms with van der Waals surface area (Å²) < 4.78 is 4.97. The lowest BCUT2D eigenvalue weighted by Gasteiger charge is -2.34. The van der Waals surface area contributed by atoms with Crippen molar-refractivity contribution in [3.05, 3.63) is 36.0 Å². The fraction of sp³-hybridized carbons (Fsp3) is 0.421. The monoisotopic (exact) mass is 372 g/mol. The molecule has 2 heterocycles. The van der Waals surface area contributed by atoms with Crippen LogP contribution in [0.5, 0.6) is 0 Å². The Balaban J connectivity index is 1.42. The SMILES string of the molecule is CCOC(=O)N1CCN(C(=O)CCNC(=O)c2cc3ccccc3[nH]2)CC1. The van der Waals surface area contributed by atoms with Crippen molar-refractivity contribution in [3.63, 3.8) is 0 Å². The first kappa shape index (κ1) is 18.8. The Hall–Kier alpha value is -3.03. The highest BCUT2D eigenvalue weighted by atomic mass is 16.6. The molecule has 144 valence electrons. The quantitative estimate of drug-likeness (QED) is 0.833. The first-order valence-electron chi connectivity index (χ1n) is 9.14. The highest BCUT2D eigenvalue weighted by Gasteiger charge is 2.24. The molecule has 2 aromatic rings. The van der Waals surface area contributed by atoms with Crippen LogP contribution < -0.4 is 5.32 Å². The summed E-state index contributed by atoms with van der Waals surface area (Å²) in [6, 6.07) is 9.45. The Morgan fingerprint density at radius 2 is 1.81 bits per heavy atom. The molecule has 0 spiro atoms. The van der Waals surface area contributed by atoms with Gasteiger partial charge in [0.2, 0.25) is 5.91 Å². The van der Waals surface area contributed by atoms with Crippen molar-refractivity contribution in [2.24, 2.45) is 0 Å². The van der Waals surface area contributed by atoms with Crippen molar-refractivity contribution in [1.82, 2.24) is 20.1 Å². The maximum atomic E-state index is 12.3. The molecule has 0 unspecified atom stereocenters. The maximum absolute atomic E-state index is 12.3. The van der Waals surface area contributed by atoms with E-state index >= 15 is 0 Å². The van der Waals surface area contributed by atoms with Crippen LogP contribution in [0.25, 0.3) is 10.9 Å². The predicted octanol–water partition coefficient (Wildman–Crippen LogP) is 1.59. The number of hydrogen-bond acceptors (Lipinski definition) is 4. The zero-order chi connectivity index (χ0) is 19.2. The Kier molecular flexibility index (Phi) is 5.95. The minimum atomic E-state index is -0.338. The van der Waals surface area contributed by atoms with Crippen LogP contribution >= 0.6 is 0 Å². The summed E-state index contributed by atoms with van der Waals surface area (Å²) in [5.74, 6) is -0.262. The zero-order valence-corrected chi connectivity index (χ0v) is 15.4. The number of amides is 3. The van der Waals surface area contributed by atoms with Crippen LogP contribution in [0.4, 0.5) is 4.79 Å². The lowest BCUT2D eigenvalue weighted by Crippen LogP contribution is -2.51. The number of nitrogens with one attached hydrogen (secondary N) is 2. The third-order valence-corrected chi connectivity index (χ3v) is 4.56. The van der Waals surface area contributed by atoms with Gasteiger partial charge in [0.25, 0.3) is 5.91 Å². The van der Waals surface area contributed by atoms with Gasteiger partial charge in [0.05, 0.1) is 6.61 Å². The number of piperazine rings is 1. The summed E-state index contributed by atoms with van der Waals surface area (Å²) in [6.45, 7) is 4.26. The molecule has 1 fully saturated rings. The van der Waals surface area contributed by atoms with Gasteiger partial charge in [0, 0.05) is 50.0 Å². The lowest BCUT2D eigenvalue weighted by molar-refractivity contribution is -0.132. The zero-order valence-electron chi connectivity index (χ0n) is 15.4. The predicted molar refractivity (Wildman–Crippen MR) is 100 cm³/mol. The molecule has 0 radical (unpaired) electrons. The van der Waals surface area contributed by atoms with Gasteiger partial charge < -0.3 is 24.8 Å². The molecule has 2 N–H and O–H groups in total. The van der Waals surface area contributed by atoms with Gasteiger partial charge in [-0.1, -0.05) is 18.2 Å². The summed E-state index contributed by atoms with van der Waals surface area (Å²) in [6.07, 6.45) is -0.110. The molecule has 1 aromatic carbocycles. The van der Waals surface area contributed by atoms with Crippen molar-refractivity contribution in [2.45, 2.75) is 13.3 Å². The van der Waals surface area contributed by atoms with E-state index in [1.165, 1.54) is 0 Å². The van der Waals surface area contributed by atoms with Crippen LogP contribution in [0.15, 0.2) is 30.3 Å². The molecule has 0 saturated carbocycles. The van der Waals surface area contributed by atoms with Gasteiger partial charge in [-0.2, -0.15) is 0 Å². The van der Waals surface area contributed by atoms with Crippen molar-refractivity contribution in [3.8, 4) is 0 Å². The van der Waals surface area contributed by atoms with Crippen LogP contribution in [0, 0.1) is 0 Å². The maximum Gasteiger partial charge on any atom is 0.409 e. The number of hydrogen-bond donors (Lipinski definition) is 2. The molecule has 1 aliphatic heterocycles. The van der Waals surface area contributed by atoms with E-state index in [0.717, 1.165) is 10.9 Å². The Bertz CT molecular complexity index is 791. The molecule has 0 atom stereocenters. The van der Waals surface area contributed by atoms with E-state index in [1.54, 1.807) is 22.8 Å². The smallest absolute Gasteiger partial charge is 0.409 e. The van der Waals surface area contributed by atoms with Crippen LogP contribution in [0.1, 0.15) is 23.8 Å². The Morgan fingerprint density at radius 3 is 2.52 bits per heavy atom. The molecule has 1 saturated heterocycles. The van der Waals surface area contributed by atoms with E-state index < -0.39 is 0 Å². The number of aromatic amines is 1. The van der Waals surface area contributed by atoms with Gasteiger partial charge >= 0.3 is 6.09 Å². The summed E-state index contributed by atoms with van der Waals surface area (Å²) in [4.78, 5) is 42.6. The van der Waals surface area contributed by atoms with E-state index in [2.05, 4.69) is 10.3 Å². The minimum Gasteiger partial charge on any atom is -0.450 e. The minimum absolute atomic E-state index is 0.0320. The van der Waals surface area contributed by atoms with Crippen LogP contribution in [-0.2, 0) is 9.53 Å². The third-order valence-electron chi connectivity index (χ3n) is 4.56. The number of para-hydroxylation sites is 1. The summed E-state index contributed by atoms with van der Waals surface area (Å²) in [5, 5.41) is 3.74. The molecule has 1 aromatic heterocycles. The number of carbonyl (C=O) groups is 3. The average Bonchev–Trinajstić information content (AvgIpc) is 3.12. The van der Waals surface area contributed by atoms with Crippen LogP contribution in [0.3, 0.4) is 0 Å². The normalized spacial score (nSPS) is 14.3. The third kappa shape index (κ3) is 4.58.